The summed E-state index contributed by atoms with van der Waals surface area (Å²) in [6.45, 7) is 3.24. The van der Waals surface area contributed by atoms with E-state index in [0.717, 1.165) is 25.3 Å². The average Bonchev–Trinajstić information content (AvgIpc) is 2.46. The number of carboxylic acid groups (broad SMARTS) is 1. The number of hydrogen-bond acceptors (Lipinski definition) is 2. The number of piperidine rings is 1. The second-order valence-electron chi connectivity index (χ2n) is 5.37. The Hall–Kier alpha value is -1.72. The lowest BCUT2D eigenvalue weighted by Crippen LogP contribution is -2.34. The van der Waals surface area contributed by atoms with E-state index in [1.807, 2.05) is 0 Å². The number of halogens is 3. The molecule has 1 aliphatic rings. The first-order valence-electron chi connectivity index (χ1n) is 7.02. The first-order chi connectivity index (χ1) is 9.82. The van der Waals surface area contributed by atoms with Crippen LogP contribution in [0, 0.1) is 5.92 Å². The van der Waals surface area contributed by atoms with E-state index in [0.29, 0.717) is 19.0 Å². The molecule has 116 valence electrons. The van der Waals surface area contributed by atoms with E-state index in [2.05, 4.69) is 6.92 Å². The summed E-state index contributed by atoms with van der Waals surface area (Å²) in [6.07, 6.45) is -1.77. The van der Waals surface area contributed by atoms with Crippen LogP contribution in [-0.4, -0.2) is 24.2 Å². The van der Waals surface area contributed by atoms with Crippen molar-refractivity contribution in [1.29, 1.82) is 0 Å². The van der Waals surface area contributed by atoms with E-state index in [1.54, 1.807) is 4.90 Å². The van der Waals surface area contributed by atoms with Crippen LogP contribution in [0.1, 0.15) is 42.1 Å². The first-order valence-corrected chi connectivity index (χ1v) is 7.02. The number of benzene rings is 1. The Morgan fingerprint density at radius 2 is 1.95 bits per heavy atom. The molecule has 1 aromatic rings. The SMILES string of the molecule is CCC1CCN(c2ccc(C(=O)O)cc2C(F)(F)F)CC1. The van der Waals surface area contributed by atoms with Gasteiger partial charge in [0.25, 0.3) is 0 Å². The predicted octanol–water partition coefficient (Wildman–Crippen LogP) is 4.03. The molecule has 0 aromatic heterocycles. The van der Waals surface area contributed by atoms with Crippen LogP contribution in [0.4, 0.5) is 18.9 Å². The molecule has 1 aromatic carbocycles. The molecular weight excluding hydrogens is 283 g/mol. The van der Waals surface area contributed by atoms with E-state index in [4.69, 9.17) is 5.11 Å². The van der Waals surface area contributed by atoms with E-state index in [1.165, 1.54) is 12.1 Å². The van der Waals surface area contributed by atoms with Gasteiger partial charge in [0.05, 0.1) is 11.1 Å². The number of rotatable bonds is 3. The van der Waals surface area contributed by atoms with Gasteiger partial charge in [-0.3, -0.25) is 0 Å². The van der Waals surface area contributed by atoms with Crippen LogP contribution in [0.5, 0.6) is 0 Å². The lowest BCUT2D eigenvalue weighted by atomic mass is 9.93. The molecular formula is C15H18F3NO2. The number of carboxylic acids is 1. The van der Waals surface area contributed by atoms with Gasteiger partial charge < -0.3 is 10.0 Å². The third-order valence-electron chi connectivity index (χ3n) is 4.08. The van der Waals surface area contributed by atoms with Crippen molar-refractivity contribution in [1.82, 2.24) is 0 Å². The van der Waals surface area contributed by atoms with Gasteiger partial charge in [-0.1, -0.05) is 13.3 Å². The smallest absolute Gasteiger partial charge is 0.418 e. The van der Waals surface area contributed by atoms with Gasteiger partial charge in [-0.05, 0) is 37.0 Å². The van der Waals surface area contributed by atoms with Gasteiger partial charge in [-0.2, -0.15) is 13.2 Å². The van der Waals surface area contributed by atoms with Crippen LogP contribution in [-0.2, 0) is 6.18 Å². The summed E-state index contributed by atoms with van der Waals surface area (Å²) in [5, 5.41) is 8.86. The molecule has 0 saturated carbocycles. The molecule has 1 heterocycles. The van der Waals surface area contributed by atoms with Crippen molar-refractivity contribution < 1.29 is 23.1 Å². The molecule has 21 heavy (non-hydrogen) atoms. The summed E-state index contributed by atoms with van der Waals surface area (Å²) in [6, 6.07) is 3.24. The monoisotopic (exact) mass is 301 g/mol. The lowest BCUT2D eigenvalue weighted by Gasteiger charge is -2.34. The second kappa shape index (κ2) is 5.95. The van der Waals surface area contributed by atoms with Crippen molar-refractivity contribution in [3.63, 3.8) is 0 Å². The third kappa shape index (κ3) is 3.49. The molecule has 1 fully saturated rings. The van der Waals surface area contributed by atoms with Crippen molar-refractivity contribution >= 4 is 11.7 Å². The highest BCUT2D eigenvalue weighted by molar-refractivity contribution is 5.88. The van der Waals surface area contributed by atoms with Crippen molar-refractivity contribution in [2.45, 2.75) is 32.4 Å². The Morgan fingerprint density at radius 1 is 1.33 bits per heavy atom. The minimum Gasteiger partial charge on any atom is -0.478 e. The number of hydrogen-bond donors (Lipinski definition) is 1. The normalized spacial score (nSPS) is 17.0. The highest BCUT2D eigenvalue weighted by atomic mass is 19.4. The van der Waals surface area contributed by atoms with Crippen LogP contribution in [0.15, 0.2) is 18.2 Å². The summed E-state index contributed by atoms with van der Waals surface area (Å²) >= 11 is 0. The minimum absolute atomic E-state index is 0.0852. The maximum absolute atomic E-state index is 13.2. The quantitative estimate of drug-likeness (QED) is 0.916. The zero-order valence-corrected chi connectivity index (χ0v) is 11.8. The maximum Gasteiger partial charge on any atom is 0.418 e. The van der Waals surface area contributed by atoms with Gasteiger partial charge in [0.15, 0.2) is 0 Å². The standard InChI is InChI=1S/C15H18F3NO2/c1-2-10-5-7-19(8-6-10)13-4-3-11(14(20)21)9-12(13)15(16,17)18/h3-4,9-10H,2,5-8H2,1H3,(H,20,21). The molecule has 2 rings (SSSR count). The topological polar surface area (TPSA) is 40.5 Å². The number of alkyl halides is 3. The Bertz CT molecular complexity index is 520. The van der Waals surface area contributed by atoms with Crippen molar-refractivity contribution in [3.05, 3.63) is 29.3 Å². The summed E-state index contributed by atoms with van der Waals surface area (Å²) in [4.78, 5) is 12.6. The van der Waals surface area contributed by atoms with Gasteiger partial charge in [-0.15, -0.1) is 0 Å². The zero-order valence-electron chi connectivity index (χ0n) is 11.8. The zero-order chi connectivity index (χ0) is 15.6. The molecule has 1 aliphatic heterocycles. The molecule has 0 unspecified atom stereocenters. The summed E-state index contributed by atoms with van der Waals surface area (Å²) in [5.41, 5.74) is -1.12. The highest BCUT2D eigenvalue weighted by Crippen LogP contribution is 2.38. The Labute approximate surface area is 121 Å². The largest absolute Gasteiger partial charge is 0.478 e. The fourth-order valence-corrected chi connectivity index (χ4v) is 2.75. The van der Waals surface area contributed by atoms with E-state index < -0.39 is 17.7 Å². The van der Waals surface area contributed by atoms with Crippen molar-refractivity contribution in [3.8, 4) is 0 Å². The van der Waals surface area contributed by atoms with Gasteiger partial charge in [0.1, 0.15) is 0 Å². The lowest BCUT2D eigenvalue weighted by molar-refractivity contribution is -0.137. The van der Waals surface area contributed by atoms with Crippen LogP contribution < -0.4 is 4.90 Å². The summed E-state index contributed by atoms with van der Waals surface area (Å²) < 4.78 is 39.5. The molecule has 0 bridgehead atoms. The van der Waals surface area contributed by atoms with Crippen molar-refractivity contribution in [2.75, 3.05) is 18.0 Å². The first kappa shape index (κ1) is 15.7. The van der Waals surface area contributed by atoms with Crippen LogP contribution >= 0.6 is 0 Å². The Morgan fingerprint density at radius 3 is 2.43 bits per heavy atom. The fraction of sp³-hybridized carbons (Fsp3) is 0.533. The van der Waals surface area contributed by atoms with Gasteiger partial charge >= 0.3 is 12.1 Å². The van der Waals surface area contributed by atoms with Gasteiger partial charge in [-0.25, -0.2) is 4.79 Å². The van der Waals surface area contributed by atoms with E-state index in [-0.39, 0.29) is 11.3 Å². The number of anilines is 1. The van der Waals surface area contributed by atoms with Crippen LogP contribution in [0.2, 0.25) is 0 Å². The number of aromatic carboxylic acids is 1. The maximum atomic E-state index is 13.2. The molecule has 0 aliphatic carbocycles. The molecule has 1 saturated heterocycles. The number of carbonyl (C=O) groups is 1. The summed E-state index contributed by atoms with van der Waals surface area (Å²) in [7, 11) is 0. The molecule has 6 heteroatoms. The highest BCUT2D eigenvalue weighted by Gasteiger charge is 2.36. The van der Waals surface area contributed by atoms with E-state index >= 15 is 0 Å². The minimum atomic E-state index is -4.55. The van der Waals surface area contributed by atoms with Crippen LogP contribution in [0.25, 0.3) is 0 Å². The molecule has 0 spiro atoms. The Balaban J connectivity index is 2.33. The predicted molar refractivity (Wildman–Crippen MR) is 73.6 cm³/mol. The third-order valence-corrected chi connectivity index (χ3v) is 4.08. The second-order valence-corrected chi connectivity index (χ2v) is 5.37. The fourth-order valence-electron chi connectivity index (χ4n) is 2.75. The molecule has 0 atom stereocenters. The van der Waals surface area contributed by atoms with Crippen LogP contribution in [0.3, 0.4) is 0 Å². The average molecular weight is 301 g/mol. The molecule has 0 amide bonds. The number of nitrogens with zero attached hydrogens (tertiary/aromatic N) is 1. The van der Waals surface area contributed by atoms with Crippen molar-refractivity contribution in [2.24, 2.45) is 5.92 Å². The van der Waals surface area contributed by atoms with Gasteiger partial charge in [0.2, 0.25) is 0 Å². The van der Waals surface area contributed by atoms with Gasteiger partial charge in [0, 0.05) is 18.8 Å². The molecule has 0 radical (unpaired) electrons. The molecule has 1 N–H and O–H groups in total. The summed E-state index contributed by atoms with van der Waals surface area (Å²) in [5.74, 6) is -0.786. The Kier molecular flexibility index (Phi) is 4.44. The molecule has 3 nitrogen and oxygen atoms in total. The van der Waals surface area contributed by atoms with E-state index in [9.17, 15) is 18.0 Å².